The molecule has 0 saturated carbocycles. The molecule has 3 atom stereocenters. The molecule has 22 heavy (non-hydrogen) atoms. The van der Waals surface area contributed by atoms with E-state index < -0.39 is 0 Å². The number of ether oxygens (including phenoxy) is 1. The third kappa shape index (κ3) is 3.37. The maximum Gasteiger partial charge on any atom is 0.325 e. The summed E-state index contributed by atoms with van der Waals surface area (Å²) in [5.74, 6) is -0.0978. The standard InChI is InChI=1S/C19H21NO2/c1-2-22-19(21)18-17(13-15-9-5-3-6-10-15)20(18)14-16-11-7-4-8-12-16/h3-12,17-18H,2,13-14H2,1H3/t17-,18-,20?/m1/s1. The largest absolute Gasteiger partial charge is 0.465 e. The number of benzene rings is 2. The highest BCUT2D eigenvalue weighted by Gasteiger charge is 2.52. The van der Waals surface area contributed by atoms with Gasteiger partial charge in [0.15, 0.2) is 0 Å². The number of hydrogen-bond acceptors (Lipinski definition) is 3. The fraction of sp³-hybridized carbons (Fsp3) is 0.316. The fourth-order valence-electron chi connectivity index (χ4n) is 2.95. The highest BCUT2D eigenvalue weighted by molar-refractivity contribution is 5.80. The second kappa shape index (κ2) is 6.75. The Balaban J connectivity index is 1.70. The Morgan fingerprint density at radius 1 is 1.00 bits per heavy atom. The van der Waals surface area contributed by atoms with Crippen LogP contribution in [0.25, 0.3) is 0 Å². The highest BCUT2D eigenvalue weighted by Crippen LogP contribution is 2.34. The van der Waals surface area contributed by atoms with Gasteiger partial charge in [-0.3, -0.25) is 9.69 Å². The first kappa shape index (κ1) is 14.8. The van der Waals surface area contributed by atoms with Crippen molar-refractivity contribution in [2.45, 2.75) is 32.0 Å². The molecule has 1 fully saturated rings. The molecule has 0 N–H and O–H groups in total. The van der Waals surface area contributed by atoms with Crippen LogP contribution in [0.4, 0.5) is 0 Å². The number of carbonyl (C=O) groups excluding carboxylic acids is 1. The maximum absolute atomic E-state index is 12.1. The van der Waals surface area contributed by atoms with Gasteiger partial charge in [-0.25, -0.2) is 0 Å². The summed E-state index contributed by atoms with van der Waals surface area (Å²) in [6.07, 6.45) is 0.886. The van der Waals surface area contributed by atoms with E-state index in [4.69, 9.17) is 4.74 Å². The van der Waals surface area contributed by atoms with Crippen molar-refractivity contribution in [3.8, 4) is 0 Å². The van der Waals surface area contributed by atoms with Crippen LogP contribution in [-0.4, -0.2) is 29.6 Å². The molecule has 1 heterocycles. The van der Waals surface area contributed by atoms with Crippen LogP contribution in [0, 0.1) is 0 Å². The monoisotopic (exact) mass is 295 g/mol. The summed E-state index contributed by atoms with van der Waals surface area (Å²) < 4.78 is 5.22. The van der Waals surface area contributed by atoms with Crippen LogP contribution in [0.15, 0.2) is 60.7 Å². The Bertz CT molecular complexity index is 564. The zero-order chi connectivity index (χ0) is 15.4. The van der Waals surface area contributed by atoms with Gasteiger partial charge >= 0.3 is 5.97 Å². The van der Waals surface area contributed by atoms with Crippen molar-refractivity contribution in [3.05, 3.63) is 71.8 Å². The van der Waals surface area contributed by atoms with E-state index in [1.165, 1.54) is 11.1 Å². The lowest BCUT2D eigenvalue weighted by atomic mass is 10.1. The molecule has 0 aliphatic carbocycles. The summed E-state index contributed by atoms with van der Waals surface area (Å²) in [6, 6.07) is 20.7. The topological polar surface area (TPSA) is 29.3 Å². The lowest BCUT2D eigenvalue weighted by Crippen LogP contribution is -2.16. The van der Waals surface area contributed by atoms with Gasteiger partial charge in [-0.15, -0.1) is 0 Å². The quantitative estimate of drug-likeness (QED) is 0.606. The average Bonchev–Trinajstić information content (AvgIpc) is 3.21. The summed E-state index contributed by atoms with van der Waals surface area (Å²) in [5, 5.41) is 0. The zero-order valence-corrected chi connectivity index (χ0v) is 12.8. The number of esters is 1. The molecule has 0 radical (unpaired) electrons. The minimum Gasteiger partial charge on any atom is -0.465 e. The van der Waals surface area contributed by atoms with Gasteiger partial charge in [0, 0.05) is 12.6 Å². The maximum atomic E-state index is 12.1. The SMILES string of the molecule is CCOC(=O)[C@H]1[C@@H](Cc2ccccc2)N1Cc1ccccc1. The highest BCUT2D eigenvalue weighted by atomic mass is 16.5. The number of rotatable bonds is 6. The molecule has 0 spiro atoms. The first-order valence-electron chi connectivity index (χ1n) is 7.80. The van der Waals surface area contributed by atoms with E-state index in [0.717, 1.165) is 13.0 Å². The molecule has 1 unspecified atom stereocenters. The van der Waals surface area contributed by atoms with E-state index in [2.05, 4.69) is 29.2 Å². The van der Waals surface area contributed by atoms with Crippen LogP contribution in [-0.2, 0) is 22.5 Å². The predicted octanol–water partition coefficient (Wildman–Crippen LogP) is 3.05. The molecule has 1 aliphatic heterocycles. The van der Waals surface area contributed by atoms with E-state index >= 15 is 0 Å². The lowest BCUT2D eigenvalue weighted by molar-refractivity contribution is -0.143. The first-order valence-corrected chi connectivity index (χ1v) is 7.80. The molecule has 2 aromatic carbocycles. The lowest BCUT2D eigenvalue weighted by Gasteiger charge is -2.04. The second-order valence-corrected chi connectivity index (χ2v) is 5.61. The summed E-state index contributed by atoms with van der Waals surface area (Å²) in [7, 11) is 0. The van der Waals surface area contributed by atoms with E-state index in [0.29, 0.717) is 6.61 Å². The minimum absolute atomic E-state index is 0.0978. The van der Waals surface area contributed by atoms with Crippen molar-refractivity contribution >= 4 is 5.97 Å². The third-order valence-corrected chi connectivity index (χ3v) is 4.08. The molecule has 114 valence electrons. The van der Waals surface area contributed by atoms with Crippen molar-refractivity contribution in [1.29, 1.82) is 0 Å². The van der Waals surface area contributed by atoms with Crippen molar-refractivity contribution in [3.63, 3.8) is 0 Å². The van der Waals surface area contributed by atoms with Gasteiger partial charge in [-0.1, -0.05) is 60.7 Å². The van der Waals surface area contributed by atoms with Gasteiger partial charge in [0.05, 0.1) is 6.61 Å². The second-order valence-electron chi connectivity index (χ2n) is 5.61. The Hall–Kier alpha value is -2.13. The molecule has 3 nitrogen and oxygen atoms in total. The van der Waals surface area contributed by atoms with Crippen molar-refractivity contribution in [2.24, 2.45) is 0 Å². The molecule has 2 aromatic rings. The van der Waals surface area contributed by atoms with Crippen LogP contribution in [0.1, 0.15) is 18.1 Å². The molecule has 3 rings (SSSR count). The first-order chi connectivity index (χ1) is 10.8. The van der Waals surface area contributed by atoms with E-state index in [-0.39, 0.29) is 18.1 Å². The van der Waals surface area contributed by atoms with Crippen LogP contribution < -0.4 is 0 Å². The van der Waals surface area contributed by atoms with Crippen molar-refractivity contribution in [1.82, 2.24) is 4.90 Å². The zero-order valence-electron chi connectivity index (χ0n) is 12.8. The van der Waals surface area contributed by atoms with Gasteiger partial charge < -0.3 is 4.74 Å². The van der Waals surface area contributed by atoms with E-state index in [9.17, 15) is 4.79 Å². The molecule has 0 amide bonds. The Labute approximate surface area is 131 Å². The normalized spacial score (nSPS) is 23.0. The summed E-state index contributed by atoms with van der Waals surface area (Å²) in [4.78, 5) is 14.4. The fourth-order valence-corrected chi connectivity index (χ4v) is 2.95. The molecule has 1 aliphatic rings. The molecular formula is C19H21NO2. The summed E-state index contributed by atoms with van der Waals surface area (Å²) in [5.41, 5.74) is 2.49. The van der Waals surface area contributed by atoms with Gasteiger partial charge in [-0.05, 0) is 24.5 Å². The Morgan fingerprint density at radius 3 is 2.18 bits per heavy atom. The Kier molecular flexibility index (Phi) is 4.54. The predicted molar refractivity (Wildman–Crippen MR) is 86.3 cm³/mol. The molecule has 3 heteroatoms. The van der Waals surface area contributed by atoms with E-state index in [1.54, 1.807) is 0 Å². The van der Waals surface area contributed by atoms with E-state index in [1.807, 2.05) is 43.3 Å². The van der Waals surface area contributed by atoms with Crippen LogP contribution in [0.3, 0.4) is 0 Å². The molecule has 0 bridgehead atoms. The van der Waals surface area contributed by atoms with Crippen LogP contribution in [0.2, 0.25) is 0 Å². The van der Waals surface area contributed by atoms with Crippen molar-refractivity contribution < 1.29 is 9.53 Å². The smallest absolute Gasteiger partial charge is 0.325 e. The van der Waals surface area contributed by atoms with Gasteiger partial charge in [0.2, 0.25) is 0 Å². The Morgan fingerprint density at radius 2 is 1.59 bits per heavy atom. The van der Waals surface area contributed by atoms with Gasteiger partial charge in [0.25, 0.3) is 0 Å². The number of carbonyl (C=O) groups is 1. The van der Waals surface area contributed by atoms with Gasteiger partial charge in [0.1, 0.15) is 6.04 Å². The number of hydrogen-bond donors (Lipinski definition) is 0. The van der Waals surface area contributed by atoms with Crippen LogP contribution >= 0.6 is 0 Å². The molecular weight excluding hydrogens is 274 g/mol. The number of nitrogens with zero attached hydrogens (tertiary/aromatic N) is 1. The molecule has 1 saturated heterocycles. The third-order valence-electron chi connectivity index (χ3n) is 4.08. The van der Waals surface area contributed by atoms with Crippen LogP contribution in [0.5, 0.6) is 0 Å². The minimum atomic E-state index is -0.111. The van der Waals surface area contributed by atoms with Gasteiger partial charge in [-0.2, -0.15) is 0 Å². The van der Waals surface area contributed by atoms with Crippen molar-refractivity contribution in [2.75, 3.05) is 6.61 Å². The summed E-state index contributed by atoms with van der Waals surface area (Å²) in [6.45, 7) is 3.09. The summed E-state index contributed by atoms with van der Waals surface area (Å²) >= 11 is 0. The molecule has 0 aromatic heterocycles. The average molecular weight is 295 g/mol.